The number of hydrogen-bond acceptors (Lipinski definition) is 6. The number of carbonyl (C=O) groups excluding carboxylic acids is 3. The van der Waals surface area contributed by atoms with E-state index in [0.717, 1.165) is 59.3 Å². The van der Waals surface area contributed by atoms with Crippen molar-refractivity contribution in [1.82, 2.24) is 20.5 Å². The Balaban J connectivity index is 1.43. The minimum absolute atomic E-state index is 0.157. The molecule has 2 aliphatic rings. The molecule has 9 nitrogen and oxygen atoms in total. The maximum atomic E-state index is 13.2. The van der Waals surface area contributed by atoms with Crippen molar-refractivity contribution >= 4 is 18.0 Å². The molecule has 2 N–H and O–H groups in total. The van der Waals surface area contributed by atoms with Crippen LogP contribution in [0.3, 0.4) is 0 Å². The largest absolute Gasteiger partial charge is 0.443 e. The fourth-order valence-corrected chi connectivity index (χ4v) is 4.73. The van der Waals surface area contributed by atoms with E-state index in [0.29, 0.717) is 12.2 Å². The lowest BCUT2D eigenvalue weighted by molar-refractivity contribution is 0.0220. The van der Waals surface area contributed by atoms with Crippen LogP contribution in [0.4, 0.5) is 9.59 Å². The van der Waals surface area contributed by atoms with Gasteiger partial charge in [-0.3, -0.25) is 9.78 Å². The number of nitrogens with one attached hydrogen (secondary N) is 2. The Labute approximate surface area is 217 Å². The molecule has 37 heavy (non-hydrogen) atoms. The highest BCUT2D eigenvalue weighted by Gasteiger charge is 2.35. The van der Waals surface area contributed by atoms with Crippen LogP contribution in [0.15, 0.2) is 36.5 Å². The molecule has 0 bridgehead atoms. The Hall–Kier alpha value is -3.93. The van der Waals surface area contributed by atoms with Gasteiger partial charge >= 0.3 is 12.1 Å². The standard InChI is InChI=1S/C28H33N5O4/c1-28(2,3)37-27(36)33(23-7-5-4-6-8-23)26(35)32-22(15-29)13-18-9-11-19(12-10-18)20-14-21-17-31-25(34)24(21)30-16-20/h9-12,14,16,22-23H,4-8,13,17H2,1-3H3,(H,31,34)(H,32,35)/t22-/m0/s1. The van der Waals surface area contributed by atoms with Crippen molar-refractivity contribution in [3.05, 3.63) is 53.3 Å². The van der Waals surface area contributed by atoms with Gasteiger partial charge in [0.2, 0.25) is 0 Å². The molecule has 0 spiro atoms. The zero-order valence-corrected chi connectivity index (χ0v) is 21.5. The van der Waals surface area contributed by atoms with Crippen LogP contribution in [0.5, 0.6) is 0 Å². The van der Waals surface area contributed by atoms with Crippen LogP contribution < -0.4 is 10.6 Å². The first-order chi connectivity index (χ1) is 17.6. The normalized spacial score (nSPS) is 16.2. The van der Waals surface area contributed by atoms with Crippen molar-refractivity contribution in [2.75, 3.05) is 0 Å². The van der Waals surface area contributed by atoms with Crippen LogP contribution in [0.25, 0.3) is 11.1 Å². The molecule has 1 aromatic carbocycles. The van der Waals surface area contributed by atoms with E-state index in [1.54, 1.807) is 27.0 Å². The quantitative estimate of drug-likeness (QED) is 0.609. The lowest BCUT2D eigenvalue weighted by Crippen LogP contribution is -2.53. The van der Waals surface area contributed by atoms with Crippen molar-refractivity contribution < 1.29 is 19.1 Å². The highest BCUT2D eigenvalue weighted by Crippen LogP contribution is 2.26. The molecule has 9 heteroatoms. The molecule has 4 rings (SSSR count). The van der Waals surface area contributed by atoms with Gasteiger partial charge in [0.1, 0.15) is 17.3 Å². The smallest absolute Gasteiger partial charge is 0.418 e. The zero-order valence-electron chi connectivity index (χ0n) is 21.5. The molecule has 4 amide bonds. The molecule has 194 valence electrons. The molecule has 2 aromatic rings. The van der Waals surface area contributed by atoms with Gasteiger partial charge in [0.25, 0.3) is 5.91 Å². The number of rotatable bonds is 5. The van der Waals surface area contributed by atoms with Gasteiger partial charge in [0.05, 0.1) is 6.07 Å². The Morgan fingerprint density at radius 1 is 1.19 bits per heavy atom. The van der Waals surface area contributed by atoms with Crippen LogP contribution >= 0.6 is 0 Å². The fraction of sp³-hybridized carbons (Fsp3) is 0.464. The number of benzene rings is 1. The van der Waals surface area contributed by atoms with E-state index >= 15 is 0 Å². The van der Waals surface area contributed by atoms with Crippen molar-refractivity contribution in [3.8, 4) is 17.2 Å². The van der Waals surface area contributed by atoms with Crippen molar-refractivity contribution in [2.24, 2.45) is 0 Å². The number of urea groups is 1. The first kappa shape index (κ1) is 26.1. The van der Waals surface area contributed by atoms with E-state index in [1.807, 2.05) is 30.3 Å². The summed E-state index contributed by atoms with van der Waals surface area (Å²) in [7, 11) is 0. The summed E-state index contributed by atoms with van der Waals surface area (Å²) in [5.74, 6) is -0.157. The summed E-state index contributed by atoms with van der Waals surface area (Å²) in [6.07, 6.45) is 5.70. The molecule has 0 unspecified atom stereocenters. The molecule has 1 aliphatic carbocycles. The molecule has 0 saturated heterocycles. The van der Waals surface area contributed by atoms with E-state index in [-0.39, 0.29) is 18.4 Å². The lowest BCUT2D eigenvalue weighted by atomic mass is 9.94. The second-order valence-electron chi connectivity index (χ2n) is 10.6. The highest BCUT2D eigenvalue weighted by molar-refractivity contribution is 5.96. The molecule has 1 fully saturated rings. The van der Waals surface area contributed by atoms with Gasteiger partial charge in [-0.25, -0.2) is 14.5 Å². The molecule has 1 saturated carbocycles. The monoisotopic (exact) mass is 503 g/mol. The average molecular weight is 504 g/mol. The van der Waals surface area contributed by atoms with E-state index in [1.165, 1.54) is 0 Å². The Morgan fingerprint density at radius 2 is 1.89 bits per heavy atom. The van der Waals surface area contributed by atoms with Crippen LogP contribution in [-0.2, 0) is 17.7 Å². The molecule has 1 atom stereocenters. The molecule has 0 radical (unpaired) electrons. The van der Waals surface area contributed by atoms with Gasteiger partial charge in [0.15, 0.2) is 0 Å². The van der Waals surface area contributed by atoms with Crippen molar-refractivity contribution in [1.29, 1.82) is 5.26 Å². The molecule has 1 aromatic heterocycles. The Morgan fingerprint density at radius 3 is 2.54 bits per heavy atom. The summed E-state index contributed by atoms with van der Waals surface area (Å²) in [4.78, 5) is 43.3. The number of pyridine rings is 1. The predicted molar refractivity (Wildman–Crippen MR) is 137 cm³/mol. The second kappa shape index (κ2) is 11.0. The summed E-state index contributed by atoms with van der Waals surface area (Å²) in [6.45, 7) is 5.76. The van der Waals surface area contributed by atoms with E-state index in [4.69, 9.17) is 4.74 Å². The number of aromatic nitrogens is 1. The minimum Gasteiger partial charge on any atom is -0.443 e. The van der Waals surface area contributed by atoms with Gasteiger partial charge in [0, 0.05) is 36.3 Å². The molecular formula is C28H33N5O4. The van der Waals surface area contributed by atoms with E-state index < -0.39 is 23.8 Å². The minimum atomic E-state index is -0.814. The van der Waals surface area contributed by atoms with Gasteiger partial charge in [-0.05, 0) is 50.8 Å². The summed E-state index contributed by atoms with van der Waals surface area (Å²) >= 11 is 0. The number of ether oxygens (including phenoxy) is 1. The van der Waals surface area contributed by atoms with Crippen molar-refractivity contribution in [3.63, 3.8) is 0 Å². The zero-order chi connectivity index (χ0) is 26.6. The number of carbonyl (C=O) groups is 3. The third-order valence-corrected chi connectivity index (χ3v) is 6.55. The first-order valence-corrected chi connectivity index (χ1v) is 12.7. The van der Waals surface area contributed by atoms with Crippen LogP contribution in [-0.4, -0.2) is 45.6 Å². The summed E-state index contributed by atoms with van der Waals surface area (Å²) in [5, 5.41) is 15.3. The third kappa shape index (κ3) is 6.45. The fourth-order valence-electron chi connectivity index (χ4n) is 4.73. The SMILES string of the molecule is CC(C)(C)OC(=O)N(C(=O)N[C@H](C#N)Cc1ccc(-c2cnc3c(c2)CNC3=O)cc1)C1CCCCC1. The number of imide groups is 1. The number of nitrogens with zero attached hydrogens (tertiary/aromatic N) is 3. The van der Waals surface area contributed by atoms with Crippen LogP contribution in [0.1, 0.15) is 74.5 Å². The number of nitriles is 1. The maximum absolute atomic E-state index is 13.2. The Kier molecular flexibility index (Phi) is 7.77. The summed E-state index contributed by atoms with van der Waals surface area (Å²) < 4.78 is 5.51. The van der Waals surface area contributed by atoms with Gasteiger partial charge in [-0.1, -0.05) is 43.5 Å². The van der Waals surface area contributed by atoms with Gasteiger partial charge < -0.3 is 15.4 Å². The summed E-state index contributed by atoms with van der Waals surface area (Å²) in [5.41, 5.74) is 3.29. The number of hydrogen-bond donors (Lipinski definition) is 2. The number of amides is 4. The van der Waals surface area contributed by atoms with Crippen LogP contribution in [0, 0.1) is 11.3 Å². The third-order valence-electron chi connectivity index (χ3n) is 6.55. The topological polar surface area (TPSA) is 124 Å². The lowest BCUT2D eigenvalue weighted by Gasteiger charge is -2.34. The summed E-state index contributed by atoms with van der Waals surface area (Å²) in [6, 6.07) is 10.1. The number of fused-ring (bicyclic) bond motifs is 1. The first-order valence-electron chi connectivity index (χ1n) is 12.7. The molecular weight excluding hydrogens is 470 g/mol. The van der Waals surface area contributed by atoms with Crippen LogP contribution in [0.2, 0.25) is 0 Å². The maximum Gasteiger partial charge on any atom is 0.418 e. The van der Waals surface area contributed by atoms with Crippen molar-refractivity contribution in [2.45, 2.75) is 83.5 Å². The Bertz CT molecular complexity index is 1210. The second-order valence-corrected chi connectivity index (χ2v) is 10.6. The van der Waals surface area contributed by atoms with E-state index in [2.05, 4.69) is 21.7 Å². The predicted octanol–water partition coefficient (Wildman–Crippen LogP) is 4.71. The van der Waals surface area contributed by atoms with Gasteiger partial charge in [-0.15, -0.1) is 0 Å². The average Bonchev–Trinajstić information content (AvgIpc) is 3.23. The molecule has 1 aliphatic heterocycles. The van der Waals surface area contributed by atoms with Gasteiger partial charge in [-0.2, -0.15) is 5.26 Å². The molecule has 2 heterocycles. The van der Waals surface area contributed by atoms with E-state index in [9.17, 15) is 19.6 Å². The highest BCUT2D eigenvalue weighted by atomic mass is 16.6.